The van der Waals surface area contributed by atoms with Crippen LogP contribution in [0.5, 0.6) is 0 Å². The van der Waals surface area contributed by atoms with Gasteiger partial charge in [-0.3, -0.25) is 4.79 Å². The average molecular weight is 277 g/mol. The van der Waals surface area contributed by atoms with Crippen LogP contribution in [0.2, 0.25) is 0 Å². The van der Waals surface area contributed by atoms with Crippen LogP contribution in [-0.2, 0) is 4.79 Å². The van der Waals surface area contributed by atoms with Gasteiger partial charge in [0.25, 0.3) is 0 Å². The van der Waals surface area contributed by atoms with Crippen LogP contribution in [0, 0.1) is 5.92 Å². The summed E-state index contributed by atoms with van der Waals surface area (Å²) in [4.78, 5) is 11.4. The maximum Gasteiger partial charge on any atom is 0.416 e. The van der Waals surface area contributed by atoms with E-state index < -0.39 is 30.7 Å². The highest BCUT2D eigenvalue weighted by Gasteiger charge is 2.39. The molecule has 0 saturated heterocycles. The highest BCUT2D eigenvalue weighted by molar-refractivity contribution is 5.85. The number of amides is 1. The van der Waals surface area contributed by atoms with E-state index in [1.165, 1.54) is 0 Å². The normalized spacial score (nSPS) is 26.2. The summed E-state index contributed by atoms with van der Waals surface area (Å²) in [7, 11) is 0. The first kappa shape index (κ1) is 16.5. The minimum atomic E-state index is -4.70. The summed E-state index contributed by atoms with van der Waals surface area (Å²) < 4.78 is 35.8. The number of halogens is 4. The molecule has 1 amide bonds. The van der Waals surface area contributed by atoms with Gasteiger partial charge in [0, 0.05) is 6.04 Å². The summed E-state index contributed by atoms with van der Waals surface area (Å²) in [6.07, 6.45) is -5.12. The zero-order chi connectivity index (χ0) is 12.3. The molecule has 1 rings (SSSR count). The van der Waals surface area contributed by atoms with Gasteiger partial charge in [-0.2, -0.15) is 13.2 Å². The molecule has 8 heteroatoms. The lowest BCUT2D eigenvalue weighted by molar-refractivity contribution is -0.202. The Kier molecular flexibility index (Phi) is 6.22. The molecule has 3 atom stereocenters. The van der Waals surface area contributed by atoms with Gasteiger partial charge >= 0.3 is 6.18 Å². The number of hydrogen-bond donors (Lipinski definition) is 3. The summed E-state index contributed by atoms with van der Waals surface area (Å²) >= 11 is 0. The number of nitrogens with two attached hydrogens (primary N) is 1. The monoisotopic (exact) mass is 276 g/mol. The minimum absolute atomic E-state index is 0. The van der Waals surface area contributed by atoms with Crippen LogP contribution in [0.3, 0.4) is 0 Å². The summed E-state index contributed by atoms with van der Waals surface area (Å²) in [5.41, 5.74) is 5.63. The molecule has 1 aliphatic rings. The molecule has 1 saturated carbocycles. The van der Waals surface area contributed by atoms with Gasteiger partial charge in [0.05, 0.1) is 12.5 Å². The van der Waals surface area contributed by atoms with E-state index in [0.29, 0.717) is 12.8 Å². The van der Waals surface area contributed by atoms with Gasteiger partial charge in [0.2, 0.25) is 5.91 Å². The van der Waals surface area contributed by atoms with Crippen molar-refractivity contribution in [2.24, 2.45) is 11.7 Å². The van der Waals surface area contributed by atoms with Crippen LogP contribution in [0.4, 0.5) is 13.2 Å². The molecule has 1 fully saturated rings. The Morgan fingerprint density at radius 3 is 2.47 bits per heavy atom. The number of carbonyl (C=O) groups excluding carboxylic acids is 1. The van der Waals surface area contributed by atoms with Gasteiger partial charge in [-0.1, -0.05) is 6.42 Å². The van der Waals surface area contributed by atoms with Crippen LogP contribution in [-0.4, -0.2) is 35.9 Å². The molecule has 4 N–H and O–H groups in total. The average Bonchev–Trinajstić information content (AvgIpc) is 2.58. The Labute approximate surface area is 103 Å². The molecule has 0 spiro atoms. The van der Waals surface area contributed by atoms with E-state index in [1.54, 1.807) is 0 Å². The van der Waals surface area contributed by atoms with E-state index in [4.69, 9.17) is 10.8 Å². The topological polar surface area (TPSA) is 75.4 Å². The molecule has 0 aliphatic heterocycles. The van der Waals surface area contributed by atoms with Gasteiger partial charge in [-0.05, 0) is 12.8 Å². The zero-order valence-electron chi connectivity index (χ0n) is 9.04. The number of rotatable bonds is 3. The van der Waals surface area contributed by atoms with E-state index in [-0.39, 0.29) is 18.4 Å². The summed E-state index contributed by atoms with van der Waals surface area (Å²) in [5, 5.41) is 10.7. The van der Waals surface area contributed by atoms with Crippen molar-refractivity contribution in [2.75, 3.05) is 6.54 Å². The molecule has 0 aromatic carbocycles. The molecule has 102 valence electrons. The smallest absolute Gasteiger partial charge is 0.382 e. The lowest BCUT2D eigenvalue weighted by atomic mass is 10.0. The molecule has 1 aliphatic carbocycles. The predicted molar refractivity (Wildman–Crippen MR) is 57.6 cm³/mol. The summed E-state index contributed by atoms with van der Waals surface area (Å²) in [6.45, 7) is -0.814. The first-order chi connectivity index (χ1) is 7.32. The molecule has 0 heterocycles. The van der Waals surface area contributed by atoms with Crippen molar-refractivity contribution in [3.8, 4) is 0 Å². The van der Waals surface area contributed by atoms with Gasteiger partial charge in [0.1, 0.15) is 0 Å². The lowest BCUT2D eigenvalue weighted by Crippen LogP contribution is -2.45. The first-order valence-corrected chi connectivity index (χ1v) is 5.10. The highest BCUT2D eigenvalue weighted by atomic mass is 35.5. The summed E-state index contributed by atoms with van der Waals surface area (Å²) in [5.74, 6) is -0.936. The second-order valence-corrected chi connectivity index (χ2v) is 4.00. The third-order valence-electron chi connectivity index (χ3n) is 2.75. The minimum Gasteiger partial charge on any atom is -0.382 e. The van der Waals surface area contributed by atoms with Crippen molar-refractivity contribution in [1.82, 2.24) is 5.32 Å². The molecule has 0 radical (unpaired) electrons. The van der Waals surface area contributed by atoms with E-state index in [9.17, 15) is 18.0 Å². The van der Waals surface area contributed by atoms with Crippen molar-refractivity contribution >= 4 is 18.3 Å². The summed E-state index contributed by atoms with van der Waals surface area (Å²) in [6, 6.07) is -0.289. The van der Waals surface area contributed by atoms with Crippen LogP contribution in [0.25, 0.3) is 0 Å². The van der Waals surface area contributed by atoms with Crippen molar-refractivity contribution in [3.05, 3.63) is 0 Å². The molecular weight excluding hydrogens is 261 g/mol. The Bertz CT molecular complexity index is 263. The maximum atomic E-state index is 11.9. The van der Waals surface area contributed by atoms with E-state index >= 15 is 0 Å². The molecule has 0 aromatic rings. The fourth-order valence-electron chi connectivity index (χ4n) is 1.76. The number of aliphatic hydroxyl groups excluding tert-OH is 1. The fourth-order valence-corrected chi connectivity index (χ4v) is 1.76. The van der Waals surface area contributed by atoms with Crippen molar-refractivity contribution in [1.29, 1.82) is 0 Å². The second-order valence-electron chi connectivity index (χ2n) is 4.00. The van der Waals surface area contributed by atoms with E-state index in [0.717, 1.165) is 6.42 Å². The standard InChI is InChI=1S/C9H15F3N2O2.ClH/c10-9(11,12)7(15)4-14-8(16)5-2-1-3-6(5)13;/h5-7,15H,1-4,13H2,(H,14,16);1H. The highest BCUT2D eigenvalue weighted by Crippen LogP contribution is 2.24. The van der Waals surface area contributed by atoms with Crippen LogP contribution in [0.1, 0.15) is 19.3 Å². The first-order valence-electron chi connectivity index (χ1n) is 5.10. The Hall–Kier alpha value is -0.530. The fraction of sp³-hybridized carbons (Fsp3) is 0.889. The van der Waals surface area contributed by atoms with E-state index in [1.807, 2.05) is 0 Å². The zero-order valence-corrected chi connectivity index (χ0v) is 9.85. The second kappa shape index (κ2) is 6.42. The van der Waals surface area contributed by atoms with Gasteiger partial charge in [0.15, 0.2) is 6.10 Å². The molecular formula is C9H16ClF3N2O2. The van der Waals surface area contributed by atoms with E-state index in [2.05, 4.69) is 5.32 Å². The molecule has 4 nitrogen and oxygen atoms in total. The van der Waals surface area contributed by atoms with Crippen molar-refractivity contribution in [3.63, 3.8) is 0 Å². The van der Waals surface area contributed by atoms with Gasteiger partial charge in [-0.15, -0.1) is 12.4 Å². The van der Waals surface area contributed by atoms with Crippen LogP contribution >= 0.6 is 12.4 Å². The number of alkyl halides is 3. The quantitative estimate of drug-likeness (QED) is 0.706. The van der Waals surface area contributed by atoms with Gasteiger partial charge < -0.3 is 16.2 Å². The number of aliphatic hydroxyl groups is 1. The Morgan fingerprint density at radius 2 is 2.06 bits per heavy atom. The Morgan fingerprint density at radius 1 is 1.47 bits per heavy atom. The van der Waals surface area contributed by atoms with Gasteiger partial charge in [-0.25, -0.2) is 0 Å². The molecule has 0 bridgehead atoms. The third kappa shape index (κ3) is 4.69. The molecule has 3 unspecified atom stereocenters. The lowest BCUT2D eigenvalue weighted by Gasteiger charge is -2.18. The van der Waals surface area contributed by atoms with Crippen molar-refractivity contribution in [2.45, 2.75) is 37.6 Å². The number of hydrogen-bond acceptors (Lipinski definition) is 3. The maximum absolute atomic E-state index is 11.9. The van der Waals surface area contributed by atoms with Crippen LogP contribution in [0.15, 0.2) is 0 Å². The molecule has 0 aromatic heterocycles. The van der Waals surface area contributed by atoms with Crippen molar-refractivity contribution < 1.29 is 23.1 Å². The number of nitrogens with one attached hydrogen (secondary N) is 1. The number of carbonyl (C=O) groups is 1. The Balaban J connectivity index is 0.00000256. The SMILES string of the molecule is Cl.NC1CCCC1C(=O)NCC(O)C(F)(F)F. The van der Waals surface area contributed by atoms with Crippen LogP contribution < -0.4 is 11.1 Å². The largest absolute Gasteiger partial charge is 0.416 e. The third-order valence-corrected chi connectivity index (χ3v) is 2.75. The predicted octanol–water partition coefficient (Wildman–Crippen LogP) is 0.575. The molecule has 17 heavy (non-hydrogen) atoms.